The molecule has 0 radical (unpaired) electrons. The number of rotatable bonds is 3. The molecule has 0 spiro atoms. The number of aliphatic hydroxyl groups is 2. The van der Waals surface area contributed by atoms with Gasteiger partial charge in [0.1, 0.15) is 5.65 Å². The number of H-pyrrole nitrogens is 1. The summed E-state index contributed by atoms with van der Waals surface area (Å²) < 4.78 is 0. The summed E-state index contributed by atoms with van der Waals surface area (Å²) in [5, 5.41) is 25.8. The van der Waals surface area contributed by atoms with Gasteiger partial charge in [-0.2, -0.15) is 0 Å². The molecule has 6 rings (SSSR count). The Morgan fingerprint density at radius 2 is 2.04 bits per heavy atom. The topological polar surface area (TPSA) is 81.2 Å². The first-order valence-electron chi connectivity index (χ1n) is 9.15. The van der Waals surface area contributed by atoms with Gasteiger partial charge in [-0.3, -0.25) is 0 Å². The molecule has 5 heteroatoms. The molecule has 5 nitrogen and oxygen atoms in total. The predicted molar refractivity (Wildman–Crippen MR) is 92.6 cm³/mol. The number of anilines is 1. The average molecular weight is 327 g/mol. The van der Waals surface area contributed by atoms with Crippen molar-refractivity contribution < 1.29 is 10.2 Å². The maximum atomic E-state index is 10.8. The minimum absolute atomic E-state index is 0.389. The normalized spacial score (nSPS) is 38.6. The fourth-order valence-electron chi connectivity index (χ4n) is 5.88. The Balaban J connectivity index is 1.53. The van der Waals surface area contributed by atoms with E-state index in [2.05, 4.69) is 15.3 Å². The molecule has 0 saturated heterocycles. The first kappa shape index (κ1) is 14.7. The van der Waals surface area contributed by atoms with Crippen LogP contribution < -0.4 is 5.32 Å². The lowest BCUT2D eigenvalue weighted by atomic mass is 9.52. The quantitative estimate of drug-likeness (QED) is 0.699. The van der Waals surface area contributed by atoms with Gasteiger partial charge in [-0.25, -0.2) is 4.98 Å². The van der Waals surface area contributed by atoms with Crippen LogP contribution in [0.3, 0.4) is 0 Å². The zero-order chi connectivity index (χ0) is 16.5. The Labute approximate surface area is 141 Å². The van der Waals surface area contributed by atoms with Crippen LogP contribution in [-0.2, 0) is 0 Å². The number of nitrogens with zero attached hydrogens (tertiary/aromatic N) is 1. The zero-order valence-electron chi connectivity index (χ0n) is 14.0. The van der Waals surface area contributed by atoms with Crippen molar-refractivity contribution in [2.45, 2.75) is 56.8 Å². The minimum Gasteiger partial charge on any atom is -0.390 e. The van der Waals surface area contributed by atoms with E-state index in [1.807, 2.05) is 12.3 Å². The SMILES string of the molecule is CC(O)c1cnc2[nH]ccc2c1N[C@H]1C2CC3CC1C[C@](O)(C3)C2. The van der Waals surface area contributed by atoms with Crippen molar-refractivity contribution in [1.82, 2.24) is 9.97 Å². The van der Waals surface area contributed by atoms with E-state index in [0.29, 0.717) is 23.8 Å². The van der Waals surface area contributed by atoms with Crippen LogP contribution in [0.15, 0.2) is 18.5 Å². The lowest BCUT2D eigenvalue weighted by molar-refractivity contribution is -0.129. The van der Waals surface area contributed by atoms with E-state index in [1.165, 1.54) is 12.8 Å². The van der Waals surface area contributed by atoms with Crippen LogP contribution in [0.4, 0.5) is 5.69 Å². The molecule has 2 aromatic heterocycles. The van der Waals surface area contributed by atoms with Crippen LogP contribution in [0.1, 0.15) is 50.7 Å². The average Bonchev–Trinajstić information content (AvgIpc) is 2.97. The molecule has 24 heavy (non-hydrogen) atoms. The van der Waals surface area contributed by atoms with Gasteiger partial charge in [-0.1, -0.05) is 0 Å². The maximum absolute atomic E-state index is 10.8. The minimum atomic E-state index is -0.555. The number of nitrogens with one attached hydrogen (secondary N) is 2. The molecule has 4 saturated carbocycles. The fourth-order valence-corrected chi connectivity index (χ4v) is 5.88. The monoisotopic (exact) mass is 327 g/mol. The molecule has 4 bridgehead atoms. The molecule has 0 amide bonds. The number of fused-ring (bicyclic) bond motifs is 1. The number of hydrogen-bond donors (Lipinski definition) is 4. The van der Waals surface area contributed by atoms with E-state index < -0.39 is 11.7 Å². The molecular formula is C19H25N3O2. The summed E-state index contributed by atoms with van der Waals surface area (Å²) in [5.74, 6) is 1.77. The molecular weight excluding hydrogens is 302 g/mol. The van der Waals surface area contributed by atoms with Gasteiger partial charge in [0.25, 0.3) is 0 Å². The molecule has 4 fully saturated rings. The lowest BCUT2D eigenvalue weighted by Crippen LogP contribution is -2.59. The van der Waals surface area contributed by atoms with Crippen LogP contribution in [0.2, 0.25) is 0 Å². The zero-order valence-corrected chi connectivity index (χ0v) is 14.0. The summed E-state index contributed by atoms with van der Waals surface area (Å²) in [4.78, 5) is 7.58. The maximum Gasteiger partial charge on any atom is 0.139 e. The summed E-state index contributed by atoms with van der Waals surface area (Å²) in [5.41, 5.74) is 2.31. The second kappa shape index (κ2) is 4.96. The smallest absolute Gasteiger partial charge is 0.139 e. The Morgan fingerprint density at radius 1 is 1.29 bits per heavy atom. The first-order valence-corrected chi connectivity index (χ1v) is 9.15. The number of hydrogen-bond acceptors (Lipinski definition) is 4. The number of aliphatic hydroxyl groups excluding tert-OH is 1. The van der Waals surface area contributed by atoms with Crippen LogP contribution in [-0.4, -0.2) is 31.8 Å². The molecule has 4 N–H and O–H groups in total. The van der Waals surface area contributed by atoms with Crippen LogP contribution in [0.25, 0.3) is 11.0 Å². The highest BCUT2D eigenvalue weighted by Gasteiger charge is 2.54. The number of aromatic amines is 1. The van der Waals surface area contributed by atoms with E-state index >= 15 is 0 Å². The van der Waals surface area contributed by atoms with Gasteiger partial charge in [-0.05, 0) is 62.8 Å². The van der Waals surface area contributed by atoms with Crippen LogP contribution in [0, 0.1) is 17.8 Å². The third-order valence-corrected chi connectivity index (χ3v) is 6.62. The summed E-state index contributed by atoms with van der Waals surface area (Å²) in [6, 6.07) is 2.42. The molecule has 3 unspecified atom stereocenters. The van der Waals surface area contributed by atoms with Gasteiger partial charge < -0.3 is 20.5 Å². The second-order valence-electron chi connectivity index (χ2n) is 8.37. The molecule has 2 aromatic rings. The van der Waals surface area contributed by atoms with Crippen molar-refractivity contribution in [3.8, 4) is 0 Å². The van der Waals surface area contributed by atoms with Crippen LogP contribution >= 0.6 is 0 Å². The largest absolute Gasteiger partial charge is 0.390 e. The van der Waals surface area contributed by atoms with E-state index in [-0.39, 0.29) is 0 Å². The van der Waals surface area contributed by atoms with E-state index in [1.54, 1.807) is 13.1 Å². The molecule has 2 heterocycles. The van der Waals surface area contributed by atoms with Gasteiger partial charge in [-0.15, -0.1) is 0 Å². The Morgan fingerprint density at radius 3 is 2.71 bits per heavy atom. The Hall–Kier alpha value is -1.59. The highest BCUT2D eigenvalue weighted by Crippen LogP contribution is 2.56. The van der Waals surface area contributed by atoms with Gasteiger partial charge in [0.2, 0.25) is 0 Å². The van der Waals surface area contributed by atoms with Crippen molar-refractivity contribution in [1.29, 1.82) is 0 Å². The Bertz CT molecular complexity index is 768. The Kier molecular flexibility index (Phi) is 3.04. The van der Waals surface area contributed by atoms with Gasteiger partial charge in [0, 0.05) is 29.4 Å². The molecule has 0 aliphatic heterocycles. The fraction of sp³-hybridized carbons (Fsp3) is 0.632. The molecule has 4 aliphatic carbocycles. The van der Waals surface area contributed by atoms with Gasteiger partial charge in [0.15, 0.2) is 0 Å². The van der Waals surface area contributed by atoms with Crippen LogP contribution in [0.5, 0.6) is 0 Å². The van der Waals surface area contributed by atoms with Crippen molar-refractivity contribution >= 4 is 16.7 Å². The van der Waals surface area contributed by atoms with Gasteiger partial charge >= 0.3 is 0 Å². The summed E-state index contributed by atoms with van der Waals surface area (Å²) in [6.45, 7) is 1.79. The van der Waals surface area contributed by atoms with Crippen molar-refractivity contribution in [2.75, 3.05) is 5.32 Å². The van der Waals surface area contributed by atoms with Gasteiger partial charge in [0.05, 0.1) is 17.4 Å². The highest BCUT2D eigenvalue weighted by atomic mass is 16.3. The number of pyridine rings is 1. The lowest BCUT2D eigenvalue weighted by Gasteiger charge is -2.58. The van der Waals surface area contributed by atoms with Crippen molar-refractivity contribution in [3.05, 3.63) is 24.0 Å². The summed E-state index contributed by atoms with van der Waals surface area (Å²) in [6.07, 6.45) is 8.41. The van der Waals surface area contributed by atoms with E-state index in [0.717, 1.165) is 41.5 Å². The molecule has 3 atom stereocenters. The standard InChI is InChI=1S/C19H25N3O2/c1-10(23)15-9-21-18-14(2-3-20-18)17(15)22-16-12-4-11-5-13(16)8-19(24,6-11)7-12/h2-3,9-13,16,23-24H,4-8H2,1H3,(H2,20,21,22)/t10?,11?,12?,13?,16-,19-. The molecule has 0 aromatic carbocycles. The summed E-state index contributed by atoms with van der Waals surface area (Å²) in [7, 11) is 0. The van der Waals surface area contributed by atoms with E-state index in [4.69, 9.17) is 0 Å². The third-order valence-electron chi connectivity index (χ3n) is 6.62. The van der Waals surface area contributed by atoms with Crippen molar-refractivity contribution in [3.63, 3.8) is 0 Å². The highest BCUT2D eigenvalue weighted by molar-refractivity contribution is 5.91. The van der Waals surface area contributed by atoms with E-state index in [9.17, 15) is 10.2 Å². The second-order valence-corrected chi connectivity index (χ2v) is 8.37. The third kappa shape index (κ3) is 2.11. The molecule has 4 aliphatic rings. The van der Waals surface area contributed by atoms with Crippen molar-refractivity contribution in [2.24, 2.45) is 17.8 Å². The predicted octanol–water partition coefficient (Wildman–Crippen LogP) is 2.97. The first-order chi connectivity index (χ1) is 11.5. The molecule has 128 valence electrons. The summed E-state index contributed by atoms with van der Waals surface area (Å²) >= 11 is 0. The number of aromatic nitrogens is 2.